The standard InChI is InChI=1S/C20H16F3N5O2/c1-10-5-13(22)11(6-12(10)21)7-14-19-24-3-4-28(19)8-15(25-14)18-26-16(9-30-2)17(23)20(29)27-18/h3-6,8H,7,9H2,1-2H3,(H,26,27,29). The number of hydrogen-bond donors (Lipinski definition) is 1. The van der Waals surface area contributed by atoms with Crippen molar-refractivity contribution in [3.05, 3.63) is 70.7 Å². The van der Waals surface area contributed by atoms with E-state index in [-0.39, 0.29) is 41.4 Å². The van der Waals surface area contributed by atoms with E-state index in [0.29, 0.717) is 11.3 Å². The smallest absolute Gasteiger partial charge is 0.252 e. The zero-order chi connectivity index (χ0) is 21.4. The predicted molar refractivity (Wildman–Crippen MR) is 100 cm³/mol. The third-order valence-corrected chi connectivity index (χ3v) is 4.54. The van der Waals surface area contributed by atoms with Crippen LogP contribution in [0.1, 0.15) is 22.5 Å². The van der Waals surface area contributed by atoms with Gasteiger partial charge in [-0.1, -0.05) is 0 Å². The molecular formula is C20H16F3N5O2. The van der Waals surface area contributed by atoms with Gasteiger partial charge in [0, 0.05) is 32.1 Å². The number of nitrogens with zero attached hydrogens (tertiary/aromatic N) is 5. The van der Waals surface area contributed by atoms with Crippen molar-refractivity contribution in [2.45, 2.75) is 20.0 Å². The maximum atomic E-state index is 14.4. The summed E-state index contributed by atoms with van der Waals surface area (Å²) in [4.78, 5) is 16.5. The number of imidazole rings is 1. The van der Waals surface area contributed by atoms with Crippen molar-refractivity contribution in [3.63, 3.8) is 0 Å². The Kier molecular flexibility index (Phi) is 5.08. The molecule has 0 saturated heterocycles. The summed E-state index contributed by atoms with van der Waals surface area (Å²) in [6, 6.07) is 2.24. The van der Waals surface area contributed by atoms with Crippen molar-refractivity contribution in [2.24, 2.45) is 0 Å². The number of halogens is 3. The molecule has 1 aromatic carbocycles. The molecule has 0 atom stereocenters. The third-order valence-electron chi connectivity index (χ3n) is 4.54. The lowest BCUT2D eigenvalue weighted by Gasteiger charge is -2.10. The van der Waals surface area contributed by atoms with Crippen molar-refractivity contribution >= 4 is 5.65 Å². The highest BCUT2D eigenvalue weighted by Gasteiger charge is 2.18. The summed E-state index contributed by atoms with van der Waals surface area (Å²) >= 11 is 0. The van der Waals surface area contributed by atoms with Gasteiger partial charge in [0.1, 0.15) is 23.0 Å². The Morgan fingerprint density at radius 3 is 2.63 bits per heavy atom. The van der Waals surface area contributed by atoms with Crippen LogP contribution in [0, 0.1) is 24.4 Å². The number of hydrogen-bond acceptors (Lipinski definition) is 6. The molecule has 4 rings (SSSR count). The minimum Gasteiger partial charge on any atom is -0.491 e. The molecule has 10 heteroatoms. The Labute approximate surface area is 168 Å². The number of fused-ring (bicyclic) bond motifs is 1. The van der Waals surface area contributed by atoms with Crippen LogP contribution >= 0.6 is 0 Å². The fourth-order valence-corrected chi connectivity index (χ4v) is 3.05. The maximum Gasteiger partial charge on any atom is 0.252 e. The molecule has 0 unspecified atom stereocenters. The molecule has 1 N–H and O–H groups in total. The molecule has 0 aliphatic carbocycles. The van der Waals surface area contributed by atoms with Crippen LogP contribution in [0.3, 0.4) is 0 Å². The van der Waals surface area contributed by atoms with E-state index in [1.165, 1.54) is 20.2 Å². The fourth-order valence-electron chi connectivity index (χ4n) is 3.05. The largest absolute Gasteiger partial charge is 0.491 e. The van der Waals surface area contributed by atoms with Gasteiger partial charge in [-0.3, -0.25) is 0 Å². The molecule has 3 aromatic heterocycles. The first-order valence-corrected chi connectivity index (χ1v) is 8.89. The molecule has 0 saturated carbocycles. The van der Waals surface area contributed by atoms with E-state index in [4.69, 9.17) is 4.74 Å². The minimum absolute atomic E-state index is 0.0461. The van der Waals surface area contributed by atoms with Gasteiger partial charge in [-0.2, -0.15) is 9.37 Å². The van der Waals surface area contributed by atoms with Crippen molar-refractivity contribution in [1.29, 1.82) is 0 Å². The van der Waals surface area contributed by atoms with Gasteiger partial charge in [-0.05, 0) is 30.2 Å². The zero-order valence-electron chi connectivity index (χ0n) is 16.0. The van der Waals surface area contributed by atoms with Gasteiger partial charge >= 0.3 is 0 Å². The average Bonchev–Trinajstić information content (AvgIpc) is 3.18. The van der Waals surface area contributed by atoms with Gasteiger partial charge in [0.05, 0.1) is 12.3 Å². The molecule has 154 valence electrons. The monoisotopic (exact) mass is 415 g/mol. The minimum atomic E-state index is -0.985. The van der Waals surface area contributed by atoms with Crippen LogP contribution in [0.5, 0.6) is 5.88 Å². The molecule has 0 aliphatic heterocycles. The Balaban J connectivity index is 1.84. The summed E-state index contributed by atoms with van der Waals surface area (Å²) in [6.07, 6.45) is 4.65. The lowest BCUT2D eigenvalue weighted by molar-refractivity contribution is 0.176. The van der Waals surface area contributed by atoms with Gasteiger partial charge in [0.15, 0.2) is 11.5 Å². The van der Waals surface area contributed by atoms with E-state index >= 15 is 0 Å². The number of ether oxygens (including phenoxy) is 1. The van der Waals surface area contributed by atoms with Crippen LogP contribution in [0.25, 0.3) is 17.2 Å². The number of aryl methyl sites for hydroxylation is 1. The second kappa shape index (κ2) is 7.71. The first-order valence-electron chi connectivity index (χ1n) is 8.89. The second-order valence-electron chi connectivity index (χ2n) is 6.67. The normalized spacial score (nSPS) is 11.4. The Hall–Kier alpha value is -3.53. The number of methoxy groups -OCH3 is 1. The first-order chi connectivity index (χ1) is 14.4. The summed E-state index contributed by atoms with van der Waals surface area (Å²) in [5.41, 5.74) is 1.13. The van der Waals surface area contributed by atoms with Gasteiger partial charge in [0.25, 0.3) is 5.88 Å². The highest BCUT2D eigenvalue weighted by molar-refractivity contribution is 5.56. The number of rotatable bonds is 5. The molecule has 0 bridgehead atoms. The molecule has 0 spiro atoms. The molecule has 0 aliphatic rings. The summed E-state index contributed by atoms with van der Waals surface area (Å²) in [6.45, 7) is 1.30. The van der Waals surface area contributed by atoms with Crippen LogP contribution in [0.4, 0.5) is 13.2 Å². The summed E-state index contributed by atoms with van der Waals surface area (Å²) in [7, 11) is 1.36. The molecule has 0 amide bonds. The van der Waals surface area contributed by atoms with Gasteiger partial charge < -0.3 is 14.2 Å². The van der Waals surface area contributed by atoms with Gasteiger partial charge in [-0.15, -0.1) is 0 Å². The molecule has 0 fully saturated rings. The van der Waals surface area contributed by atoms with Crippen LogP contribution in [-0.4, -0.2) is 36.6 Å². The zero-order valence-corrected chi connectivity index (χ0v) is 16.0. The SMILES string of the molecule is COCc1nc(-c2cn3ccnc3c(Cc3cc(F)c(C)cc3F)n2)nc(O)c1F. The lowest BCUT2D eigenvalue weighted by Crippen LogP contribution is -2.06. The third kappa shape index (κ3) is 3.57. The van der Waals surface area contributed by atoms with E-state index in [9.17, 15) is 18.3 Å². The van der Waals surface area contributed by atoms with Crippen molar-refractivity contribution in [2.75, 3.05) is 7.11 Å². The van der Waals surface area contributed by atoms with Gasteiger partial charge in [0.2, 0.25) is 5.82 Å². The first kappa shape index (κ1) is 19.8. The Morgan fingerprint density at radius 2 is 1.87 bits per heavy atom. The van der Waals surface area contributed by atoms with Crippen LogP contribution < -0.4 is 0 Å². The highest BCUT2D eigenvalue weighted by atomic mass is 19.1. The average molecular weight is 415 g/mol. The topological polar surface area (TPSA) is 85.4 Å². The molecule has 3 heterocycles. The Bertz CT molecular complexity index is 1260. The number of benzene rings is 1. The van der Waals surface area contributed by atoms with E-state index in [0.717, 1.165) is 12.1 Å². The summed E-state index contributed by atoms with van der Waals surface area (Å²) < 4.78 is 48.8. The van der Waals surface area contributed by atoms with E-state index in [1.54, 1.807) is 16.8 Å². The van der Waals surface area contributed by atoms with Crippen molar-refractivity contribution in [1.82, 2.24) is 24.3 Å². The second-order valence-corrected chi connectivity index (χ2v) is 6.67. The highest BCUT2D eigenvalue weighted by Crippen LogP contribution is 2.24. The molecule has 30 heavy (non-hydrogen) atoms. The summed E-state index contributed by atoms with van der Waals surface area (Å²) in [5, 5.41) is 9.82. The molecule has 0 radical (unpaired) electrons. The van der Waals surface area contributed by atoms with Crippen molar-refractivity contribution in [3.8, 4) is 17.4 Å². The quantitative estimate of drug-likeness (QED) is 0.538. The van der Waals surface area contributed by atoms with E-state index < -0.39 is 23.3 Å². The predicted octanol–water partition coefficient (Wildman–Crippen LogP) is 3.35. The lowest BCUT2D eigenvalue weighted by atomic mass is 10.1. The van der Waals surface area contributed by atoms with Crippen LogP contribution in [0.15, 0.2) is 30.7 Å². The van der Waals surface area contributed by atoms with Crippen LogP contribution in [-0.2, 0) is 17.8 Å². The molecular weight excluding hydrogens is 399 g/mol. The number of aromatic nitrogens is 5. The number of aromatic hydroxyl groups is 1. The Morgan fingerprint density at radius 1 is 1.07 bits per heavy atom. The maximum absolute atomic E-state index is 14.4. The van der Waals surface area contributed by atoms with E-state index in [2.05, 4.69) is 19.9 Å². The van der Waals surface area contributed by atoms with Crippen LogP contribution in [0.2, 0.25) is 0 Å². The molecule has 4 aromatic rings. The fraction of sp³-hybridized carbons (Fsp3) is 0.200. The molecule has 7 nitrogen and oxygen atoms in total. The van der Waals surface area contributed by atoms with Crippen molar-refractivity contribution < 1.29 is 23.0 Å². The van der Waals surface area contributed by atoms with Gasteiger partial charge in [-0.25, -0.2) is 23.7 Å². The summed E-state index contributed by atoms with van der Waals surface area (Å²) in [5.74, 6) is -2.97. The van der Waals surface area contributed by atoms with E-state index in [1.807, 2.05) is 0 Å².